The van der Waals surface area contributed by atoms with Gasteiger partial charge in [0.05, 0.1) is 19.7 Å². The van der Waals surface area contributed by atoms with Gasteiger partial charge in [-0.3, -0.25) is 9.59 Å². The van der Waals surface area contributed by atoms with Crippen molar-refractivity contribution in [3.63, 3.8) is 0 Å². The number of hydrogen-bond donors (Lipinski definition) is 1. The lowest BCUT2D eigenvalue weighted by Gasteiger charge is -2.26. The van der Waals surface area contributed by atoms with E-state index in [9.17, 15) is 9.59 Å². The lowest BCUT2D eigenvalue weighted by molar-refractivity contribution is -0.136. The smallest absolute Gasteiger partial charge is 0.240 e. The van der Waals surface area contributed by atoms with Crippen LogP contribution in [-0.4, -0.2) is 36.9 Å². The quantitative estimate of drug-likeness (QED) is 0.871. The minimum Gasteiger partial charge on any atom is -0.497 e. The number of nitrogens with zero attached hydrogens (tertiary/aromatic N) is 1. The summed E-state index contributed by atoms with van der Waals surface area (Å²) in [4.78, 5) is 26.2. The van der Waals surface area contributed by atoms with Gasteiger partial charge < -0.3 is 15.0 Å². The zero-order chi connectivity index (χ0) is 17.5. The Bertz CT molecular complexity index is 554. The predicted octanol–water partition coefficient (Wildman–Crippen LogP) is 2.91. The van der Waals surface area contributed by atoms with Crippen molar-refractivity contribution in [2.24, 2.45) is 5.92 Å². The van der Waals surface area contributed by atoms with Crippen LogP contribution in [0.2, 0.25) is 0 Å². The van der Waals surface area contributed by atoms with Crippen LogP contribution < -0.4 is 10.1 Å². The summed E-state index contributed by atoms with van der Waals surface area (Å²) in [6.45, 7) is 4.98. The molecule has 2 amide bonds. The molecule has 1 aromatic carbocycles. The molecule has 5 nitrogen and oxygen atoms in total. The van der Waals surface area contributed by atoms with E-state index >= 15 is 0 Å². The molecule has 1 saturated heterocycles. The van der Waals surface area contributed by atoms with Gasteiger partial charge in [0.1, 0.15) is 5.75 Å². The van der Waals surface area contributed by atoms with E-state index in [1.165, 1.54) is 0 Å². The highest BCUT2D eigenvalue weighted by atomic mass is 16.5. The van der Waals surface area contributed by atoms with Gasteiger partial charge in [0.2, 0.25) is 11.8 Å². The molecule has 1 fully saturated rings. The molecule has 0 saturated carbocycles. The van der Waals surface area contributed by atoms with Gasteiger partial charge in [0, 0.05) is 13.0 Å². The third kappa shape index (κ3) is 4.98. The first-order chi connectivity index (χ1) is 11.5. The van der Waals surface area contributed by atoms with Crippen molar-refractivity contribution in [3.05, 3.63) is 29.8 Å². The normalized spacial score (nSPS) is 16.7. The summed E-state index contributed by atoms with van der Waals surface area (Å²) in [5, 5.41) is 3.08. The first-order valence-corrected chi connectivity index (χ1v) is 8.72. The topological polar surface area (TPSA) is 58.6 Å². The summed E-state index contributed by atoms with van der Waals surface area (Å²) >= 11 is 0. The number of ether oxygens (including phenoxy) is 1. The van der Waals surface area contributed by atoms with Gasteiger partial charge in [0.25, 0.3) is 0 Å². The standard InChI is InChI=1S/C19H28N2O3/c1-14(2)19(15-8-10-16(24-3)11-9-15)20-17(22)13-21-12-6-4-5-7-18(21)23/h8-11,14,19H,4-7,12-13H2,1-3H3,(H,20,22). The fourth-order valence-electron chi connectivity index (χ4n) is 3.04. The van der Waals surface area contributed by atoms with Crippen LogP contribution in [0.25, 0.3) is 0 Å². The second kappa shape index (κ2) is 8.71. The van der Waals surface area contributed by atoms with E-state index in [-0.39, 0.29) is 30.3 Å². The Morgan fingerprint density at radius 3 is 2.54 bits per heavy atom. The van der Waals surface area contributed by atoms with Crippen molar-refractivity contribution in [3.8, 4) is 5.75 Å². The summed E-state index contributed by atoms with van der Waals surface area (Å²) < 4.78 is 5.18. The number of carbonyl (C=O) groups is 2. The van der Waals surface area contributed by atoms with Crippen molar-refractivity contribution < 1.29 is 14.3 Å². The van der Waals surface area contributed by atoms with Crippen molar-refractivity contribution in [2.75, 3.05) is 20.2 Å². The number of hydrogen-bond acceptors (Lipinski definition) is 3. The highest BCUT2D eigenvalue weighted by Crippen LogP contribution is 2.24. The molecule has 1 N–H and O–H groups in total. The summed E-state index contributed by atoms with van der Waals surface area (Å²) in [7, 11) is 1.63. The lowest BCUT2D eigenvalue weighted by atomic mass is 9.96. The molecule has 0 spiro atoms. The second-order valence-electron chi connectivity index (χ2n) is 6.69. The second-order valence-corrected chi connectivity index (χ2v) is 6.69. The Hall–Kier alpha value is -2.04. The van der Waals surface area contributed by atoms with Crippen LogP contribution in [0.5, 0.6) is 5.75 Å². The first kappa shape index (κ1) is 18.3. The van der Waals surface area contributed by atoms with Crippen LogP contribution in [-0.2, 0) is 9.59 Å². The predicted molar refractivity (Wildman–Crippen MR) is 93.8 cm³/mol. The third-order valence-corrected chi connectivity index (χ3v) is 4.46. The number of methoxy groups -OCH3 is 1. The van der Waals surface area contributed by atoms with Crippen molar-refractivity contribution >= 4 is 11.8 Å². The van der Waals surface area contributed by atoms with E-state index < -0.39 is 0 Å². The van der Waals surface area contributed by atoms with Crippen LogP contribution in [0.3, 0.4) is 0 Å². The number of carbonyl (C=O) groups excluding carboxylic acids is 2. The molecule has 0 radical (unpaired) electrons. The minimum absolute atomic E-state index is 0.0783. The van der Waals surface area contributed by atoms with Gasteiger partial charge in [-0.1, -0.05) is 32.4 Å². The fraction of sp³-hybridized carbons (Fsp3) is 0.579. The van der Waals surface area contributed by atoms with E-state index in [2.05, 4.69) is 19.2 Å². The van der Waals surface area contributed by atoms with E-state index in [1.807, 2.05) is 24.3 Å². The number of likely N-dealkylation sites (tertiary alicyclic amines) is 1. The van der Waals surface area contributed by atoms with Crippen molar-refractivity contribution in [2.45, 2.75) is 45.6 Å². The SMILES string of the molecule is COc1ccc(C(NC(=O)CN2CCCCCC2=O)C(C)C)cc1. The Morgan fingerprint density at radius 2 is 1.92 bits per heavy atom. The van der Waals surface area contributed by atoms with Gasteiger partial charge in [-0.2, -0.15) is 0 Å². The molecule has 5 heteroatoms. The van der Waals surface area contributed by atoms with Crippen LogP contribution in [0.15, 0.2) is 24.3 Å². The Balaban J connectivity index is 2.01. The Labute approximate surface area is 144 Å². The summed E-state index contributed by atoms with van der Waals surface area (Å²) in [5.74, 6) is 1.04. The van der Waals surface area contributed by atoms with E-state index in [0.717, 1.165) is 30.6 Å². The van der Waals surface area contributed by atoms with Gasteiger partial charge >= 0.3 is 0 Å². The maximum Gasteiger partial charge on any atom is 0.240 e. The molecule has 0 aliphatic carbocycles. The molecule has 0 aromatic heterocycles. The minimum atomic E-state index is -0.0974. The van der Waals surface area contributed by atoms with Crippen LogP contribution >= 0.6 is 0 Å². The Kier molecular flexibility index (Phi) is 6.64. The zero-order valence-corrected chi connectivity index (χ0v) is 14.9. The maximum absolute atomic E-state index is 12.5. The van der Waals surface area contributed by atoms with Gasteiger partial charge in [0.15, 0.2) is 0 Å². The summed E-state index contributed by atoms with van der Waals surface area (Å²) in [6, 6.07) is 7.66. The molecule has 1 heterocycles. The fourth-order valence-corrected chi connectivity index (χ4v) is 3.04. The highest BCUT2D eigenvalue weighted by Gasteiger charge is 2.23. The third-order valence-electron chi connectivity index (χ3n) is 4.46. The monoisotopic (exact) mass is 332 g/mol. The molecular weight excluding hydrogens is 304 g/mol. The maximum atomic E-state index is 12.5. The molecule has 2 rings (SSSR count). The molecule has 0 bridgehead atoms. The van der Waals surface area contributed by atoms with E-state index in [1.54, 1.807) is 12.0 Å². The van der Waals surface area contributed by atoms with Crippen molar-refractivity contribution in [1.29, 1.82) is 0 Å². The summed E-state index contributed by atoms with van der Waals surface area (Å²) in [6.07, 6.45) is 3.52. The molecule has 1 atom stereocenters. The first-order valence-electron chi connectivity index (χ1n) is 8.72. The lowest BCUT2D eigenvalue weighted by Crippen LogP contribution is -2.42. The molecule has 1 unspecified atom stereocenters. The van der Waals surface area contributed by atoms with Gasteiger partial charge in [-0.05, 0) is 36.5 Å². The van der Waals surface area contributed by atoms with Crippen molar-refractivity contribution in [1.82, 2.24) is 10.2 Å². The zero-order valence-electron chi connectivity index (χ0n) is 14.9. The van der Waals surface area contributed by atoms with Crippen LogP contribution in [0, 0.1) is 5.92 Å². The molecule has 1 aliphatic rings. The number of benzene rings is 1. The summed E-state index contributed by atoms with van der Waals surface area (Å²) in [5.41, 5.74) is 1.04. The molecule has 24 heavy (non-hydrogen) atoms. The molecule has 132 valence electrons. The number of nitrogens with one attached hydrogen (secondary N) is 1. The largest absolute Gasteiger partial charge is 0.497 e. The Morgan fingerprint density at radius 1 is 1.21 bits per heavy atom. The van der Waals surface area contributed by atoms with E-state index in [4.69, 9.17) is 4.74 Å². The molecular formula is C19H28N2O3. The average Bonchev–Trinajstić information content (AvgIpc) is 2.77. The van der Waals surface area contributed by atoms with Gasteiger partial charge in [-0.25, -0.2) is 0 Å². The number of amides is 2. The van der Waals surface area contributed by atoms with Gasteiger partial charge in [-0.15, -0.1) is 0 Å². The number of rotatable bonds is 6. The van der Waals surface area contributed by atoms with Crippen LogP contribution in [0.1, 0.15) is 51.1 Å². The average molecular weight is 332 g/mol. The molecule has 1 aliphatic heterocycles. The highest BCUT2D eigenvalue weighted by molar-refractivity contribution is 5.85. The van der Waals surface area contributed by atoms with Crippen LogP contribution in [0.4, 0.5) is 0 Å². The van der Waals surface area contributed by atoms with E-state index in [0.29, 0.717) is 13.0 Å². The molecule has 1 aromatic rings.